The first kappa shape index (κ1) is 11.2. The normalized spacial score (nSPS) is 10.4. The highest BCUT2D eigenvalue weighted by molar-refractivity contribution is 7.99. The van der Waals surface area contributed by atoms with Crippen LogP contribution in [0.1, 0.15) is 5.56 Å². The molecule has 16 heavy (non-hydrogen) atoms. The largest absolute Gasteiger partial charge is 0.326 e. The zero-order valence-corrected chi connectivity index (χ0v) is 9.51. The number of hydrogen-bond acceptors (Lipinski definition) is 2. The molecule has 0 unspecified atom stereocenters. The van der Waals surface area contributed by atoms with Gasteiger partial charge in [-0.15, -0.1) is 0 Å². The monoisotopic (exact) mass is 233 g/mol. The Hall–Kier alpha value is -1.32. The van der Waals surface area contributed by atoms with Crippen LogP contribution < -0.4 is 5.73 Å². The third-order valence-electron chi connectivity index (χ3n) is 2.25. The molecule has 2 aromatic rings. The molecule has 0 atom stereocenters. The van der Waals surface area contributed by atoms with Gasteiger partial charge in [-0.25, -0.2) is 4.39 Å². The molecule has 82 valence electrons. The van der Waals surface area contributed by atoms with Crippen LogP contribution in [-0.4, -0.2) is 0 Å². The average molecular weight is 233 g/mol. The van der Waals surface area contributed by atoms with Crippen LogP contribution in [0.15, 0.2) is 58.3 Å². The van der Waals surface area contributed by atoms with E-state index in [0.29, 0.717) is 11.4 Å². The van der Waals surface area contributed by atoms with Gasteiger partial charge < -0.3 is 5.73 Å². The molecule has 0 spiro atoms. The summed E-state index contributed by atoms with van der Waals surface area (Å²) in [5.74, 6) is -0.195. The maximum Gasteiger partial charge on any atom is 0.137 e. The Bertz CT molecular complexity index is 485. The molecular formula is C13H12FNS. The van der Waals surface area contributed by atoms with Gasteiger partial charge in [0.1, 0.15) is 5.82 Å². The van der Waals surface area contributed by atoms with Crippen LogP contribution >= 0.6 is 11.8 Å². The van der Waals surface area contributed by atoms with Gasteiger partial charge >= 0.3 is 0 Å². The third kappa shape index (κ3) is 2.43. The van der Waals surface area contributed by atoms with Crippen molar-refractivity contribution in [1.29, 1.82) is 0 Å². The van der Waals surface area contributed by atoms with Crippen LogP contribution in [0.4, 0.5) is 4.39 Å². The van der Waals surface area contributed by atoms with Crippen molar-refractivity contribution in [2.75, 3.05) is 0 Å². The summed E-state index contributed by atoms with van der Waals surface area (Å²) < 4.78 is 13.5. The summed E-state index contributed by atoms with van der Waals surface area (Å²) >= 11 is 1.41. The van der Waals surface area contributed by atoms with Crippen LogP contribution in [-0.2, 0) is 6.54 Å². The van der Waals surface area contributed by atoms with E-state index < -0.39 is 0 Å². The molecule has 0 heterocycles. The van der Waals surface area contributed by atoms with Gasteiger partial charge in [-0.1, -0.05) is 42.1 Å². The van der Waals surface area contributed by atoms with Crippen LogP contribution in [0, 0.1) is 5.82 Å². The number of nitrogens with two attached hydrogens (primary N) is 1. The molecule has 0 amide bonds. The first-order chi connectivity index (χ1) is 7.81. The molecule has 0 bridgehead atoms. The second-order valence-electron chi connectivity index (χ2n) is 3.34. The molecule has 3 heteroatoms. The van der Waals surface area contributed by atoms with Gasteiger partial charge in [0, 0.05) is 16.3 Å². The fourth-order valence-corrected chi connectivity index (χ4v) is 2.40. The summed E-state index contributed by atoms with van der Waals surface area (Å²) in [4.78, 5) is 1.64. The van der Waals surface area contributed by atoms with E-state index in [1.165, 1.54) is 17.8 Å². The molecule has 2 aromatic carbocycles. The molecule has 0 radical (unpaired) electrons. The predicted molar refractivity (Wildman–Crippen MR) is 64.9 cm³/mol. The lowest BCUT2D eigenvalue weighted by Gasteiger charge is -2.07. The number of hydrogen-bond donors (Lipinski definition) is 1. The Kier molecular flexibility index (Phi) is 3.59. The molecular weight excluding hydrogens is 221 g/mol. The maximum absolute atomic E-state index is 13.5. The predicted octanol–water partition coefficient (Wildman–Crippen LogP) is 3.44. The smallest absolute Gasteiger partial charge is 0.137 e. The minimum absolute atomic E-state index is 0.195. The topological polar surface area (TPSA) is 26.0 Å². The van der Waals surface area contributed by atoms with E-state index in [4.69, 9.17) is 5.73 Å². The lowest BCUT2D eigenvalue weighted by Crippen LogP contribution is -1.97. The van der Waals surface area contributed by atoms with Gasteiger partial charge in [-0.05, 0) is 23.8 Å². The summed E-state index contributed by atoms with van der Waals surface area (Å²) in [5.41, 5.74) is 6.67. The highest BCUT2D eigenvalue weighted by atomic mass is 32.2. The van der Waals surface area contributed by atoms with E-state index in [1.807, 2.05) is 30.3 Å². The number of halogens is 1. The molecule has 0 aromatic heterocycles. The highest BCUT2D eigenvalue weighted by Gasteiger charge is 2.05. The van der Waals surface area contributed by atoms with Crippen molar-refractivity contribution in [3.05, 3.63) is 59.9 Å². The Balaban J connectivity index is 2.30. The first-order valence-electron chi connectivity index (χ1n) is 5.01. The summed E-state index contributed by atoms with van der Waals surface area (Å²) in [6, 6.07) is 14.5. The van der Waals surface area contributed by atoms with Crippen LogP contribution in [0.3, 0.4) is 0 Å². The highest BCUT2D eigenvalue weighted by Crippen LogP contribution is 2.31. The Morgan fingerprint density at radius 3 is 2.25 bits per heavy atom. The van der Waals surface area contributed by atoms with Crippen LogP contribution in [0.2, 0.25) is 0 Å². The van der Waals surface area contributed by atoms with Crippen molar-refractivity contribution in [3.8, 4) is 0 Å². The lowest BCUT2D eigenvalue weighted by atomic mass is 10.2. The Morgan fingerprint density at radius 1 is 0.938 bits per heavy atom. The Morgan fingerprint density at radius 2 is 1.56 bits per heavy atom. The van der Waals surface area contributed by atoms with Gasteiger partial charge in [0.25, 0.3) is 0 Å². The fourth-order valence-electron chi connectivity index (χ4n) is 1.42. The summed E-state index contributed by atoms with van der Waals surface area (Å²) in [6.07, 6.45) is 0. The summed E-state index contributed by atoms with van der Waals surface area (Å²) in [6.45, 7) is 0.470. The SMILES string of the molecule is NCc1ccccc1Sc1ccccc1F. The van der Waals surface area contributed by atoms with Crippen molar-refractivity contribution in [2.24, 2.45) is 5.73 Å². The Labute approximate surface area is 98.5 Å². The van der Waals surface area contributed by atoms with Crippen molar-refractivity contribution in [3.63, 3.8) is 0 Å². The van der Waals surface area contributed by atoms with Gasteiger partial charge in [0.15, 0.2) is 0 Å². The molecule has 2 rings (SSSR count). The molecule has 2 N–H and O–H groups in total. The van der Waals surface area contributed by atoms with Crippen LogP contribution in [0.25, 0.3) is 0 Å². The molecule has 0 fully saturated rings. The molecule has 0 aliphatic rings. The lowest BCUT2D eigenvalue weighted by molar-refractivity contribution is 0.602. The third-order valence-corrected chi connectivity index (χ3v) is 3.42. The minimum Gasteiger partial charge on any atom is -0.326 e. The van der Waals surface area contributed by atoms with Crippen molar-refractivity contribution >= 4 is 11.8 Å². The van der Waals surface area contributed by atoms with Gasteiger partial charge in [0.2, 0.25) is 0 Å². The summed E-state index contributed by atoms with van der Waals surface area (Å²) in [5, 5.41) is 0. The van der Waals surface area contributed by atoms with Crippen molar-refractivity contribution in [1.82, 2.24) is 0 Å². The van der Waals surface area contributed by atoms with Crippen molar-refractivity contribution < 1.29 is 4.39 Å². The number of rotatable bonds is 3. The average Bonchev–Trinajstić information content (AvgIpc) is 2.33. The second-order valence-corrected chi connectivity index (χ2v) is 4.43. The zero-order valence-electron chi connectivity index (χ0n) is 8.69. The van der Waals surface area contributed by atoms with Crippen LogP contribution in [0.5, 0.6) is 0 Å². The van der Waals surface area contributed by atoms with Crippen molar-refractivity contribution in [2.45, 2.75) is 16.3 Å². The van der Waals surface area contributed by atoms with E-state index in [2.05, 4.69) is 0 Å². The summed E-state index contributed by atoms with van der Waals surface area (Å²) in [7, 11) is 0. The van der Waals surface area contributed by atoms with Gasteiger partial charge in [0.05, 0.1) is 0 Å². The minimum atomic E-state index is -0.195. The molecule has 0 saturated heterocycles. The van der Waals surface area contributed by atoms with E-state index >= 15 is 0 Å². The van der Waals surface area contributed by atoms with E-state index in [1.54, 1.807) is 12.1 Å². The fraction of sp³-hybridized carbons (Fsp3) is 0.0769. The maximum atomic E-state index is 13.5. The van der Waals surface area contributed by atoms with E-state index in [9.17, 15) is 4.39 Å². The number of benzene rings is 2. The second kappa shape index (κ2) is 5.14. The van der Waals surface area contributed by atoms with Gasteiger partial charge in [-0.3, -0.25) is 0 Å². The van der Waals surface area contributed by atoms with E-state index in [-0.39, 0.29) is 5.82 Å². The first-order valence-corrected chi connectivity index (χ1v) is 5.83. The van der Waals surface area contributed by atoms with E-state index in [0.717, 1.165) is 10.5 Å². The standard InChI is InChI=1S/C13H12FNS/c14-11-6-2-4-8-13(11)16-12-7-3-1-5-10(12)9-15/h1-8H,9,15H2. The molecule has 1 nitrogen and oxygen atoms in total. The van der Waals surface area contributed by atoms with Gasteiger partial charge in [-0.2, -0.15) is 0 Å². The zero-order chi connectivity index (χ0) is 11.4. The molecule has 0 aliphatic carbocycles. The quantitative estimate of drug-likeness (QED) is 0.878. The molecule has 0 saturated carbocycles. The molecule has 0 aliphatic heterocycles.